The molecule has 0 radical (unpaired) electrons. The van der Waals surface area contributed by atoms with Crippen molar-refractivity contribution in [2.45, 2.75) is 12.6 Å². The third-order valence-corrected chi connectivity index (χ3v) is 5.44. The number of carbonyl (C=O) groups is 2. The Labute approximate surface area is 195 Å². The second-order valence-electron chi connectivity index (χ2n) is 7.52. The minimum absolute atomic E-state index is 0.00467. The number of carbonyl (C=O) groups excluding carboxylic acids is 2. The van der Waals surface area contributed by atoms with Gasteiger partial charge in [0.2, 0.25) is 0 Å². The molecular weight excluding hydrogens is 441 g/mol. The van der Waals surface area contributed by atoms with E-state index in [1.165, 1.54) is 30.4 Å². The number of nitrogens with zero attached hydrogens (tertiary/aromatic N) is 1. The van der Waals surface area contributed by atoms with Crippen molar-refractivity contribution in [3.05, 3.63) is 102 Å². The van der Waals surface area contributed by atoms with Crippen LogP contribution in [0.2, 0.25) is 0 Å². The molecule has 174 valence electrons. The van der Waals surface area contributed by atoms with E-state index in [0.29, 0.717) is 23.7 Å². The topological polar surface area (TPSA) is 89.2 Å². The van der Waals surface area contributed by atoms with Crippen LogP contribution >= 0.6 is 0 Å². The number of hydrogen-bond acceptors (Lipinski definition) is 6. The van der Waals surface area contributed by atoms with Gasteiger partial charge in [-0.25, -0.2) is 4.39 Å². The van der Waals surface area contributed by atoms with E-state index in [-0.39, 0.29) is 23.4 Å². The van der Waals surface area contributed by atoms with E-state index in [0.717, 1.165) is 6.07 Å². The molecule has 0 bridgehead atoms. The van der Waals surface area contributed by atoms with Crippen LogP contribution in [0, 0.1) is 5.82 Å². The summed E-state index contributed by atoms with van der Waals surface area (Å²) < 4.78 is 30.1. The van der Waals surface area contributed by atoms with Gasteiger partial charge < -0.3 is 23.9 Å². The summed E-state index contributed by atoms with van der Waals surface area (Å²) in [6.45, 7) is 3.93. The first-order valence-electron chi connectivity index (χ1n) is 10.4. The summed E-state index contributed by atoms with van der Waals surface area (Å²) in [5, 5.41) is 11.1. The molecule has 7 nitrogen and oxygen atoms in total. The normalized spacial score (nSPS) is 17.1. The smallest absolute Gasteiger partial charge is 0.296 e. The van der Waals surface area contributed by atoms with Crippen LogP contribution in [0.25, 0.3) is 5.76 Å². The minimum atomic E-state index is -0.927. The molecule has 2 heterocycles. The van der Waals surface area contributed by atoms with E-state index in [4.69, 9.17) is 13.9 Å². The number of furan rings is 1. The molecule has 8 heteroatoms. The van der Waals surface area contributed by atoms with E-state index in [1.807, 2.05) is 0 Å². The molecule has 3 aromatic rings. The van der Waals surface area contributed by atoms with Crippen molar-refractivity contribution < 1.29 is 33.0 Å². The number of Topliss-reactive ketones (excluding diaryl/α,β-unsaturated/α-hetero) is 1. The Morgan fingerprint density at radius 1 is 1.21 bits per heavy atom. The zero-order valence-electron chi connectivity index (χ0n) is 18.4. The fraction of sp³-hybridized carbons (Fsp3) is 0.154. The third-order valence-electron chi connectivity index (χ3n) is 5.44. The Bertz CT molecular complexity index is 1250. The zero-order valence-corrected chi connectivity index (χ0v) is 18.4. The summed E-state index contributed by atoms with van der Waals surface area (Å²) in [7, 11) is 1.32. The van der Waals surface area contributed by atoms with Gasteiger partial charge in [-0.15, -0.1) is 0 Å². The highest BCUT2D eigenvalue weighted by Gasteiger charge is 2.46. The third kappa shape index (κ3) is 4.30. The lowest BCUT2D eigenvalue weighted by molar-refractivity contribution is -0.140. The number of likely N-dealkylation sites (tertiary alicyclic amines) is 1. The number of amides is 1. The second-order valence-corrected chi connectivity index (χ2v) is 7.52. The molecule has 1 amide bonds. The minimum Gasteiger partial charge on any atom is -0.507 e. The highest BCUT2D eigenvalue weighted by atomic mass is 19.1. The molecule has 1 N–H and O–H groups in total. The van der Waals surface area contributed by atoms with Crippen LogP contribution in [0.5, 0.6) is 11.5 Å². The van der Waals surface area contributed by atoms with Gasteiger partial charge in [-0.2, -0.15) is 0 Å². The number of methoxy groups -OCH3 is 1. The van der Waals surface area contributed by atoms with E-state index < -0.39 is 29.3 Å². The molecule has 1 atom stereocenters. The summed E-state index contributed by atoms with van der Waals surface area (Å²) in [6.07, 6.45) is 3.08. The summed E-state index contributed by atoms with van der Waals surface area (Å²) in [6, 6.07) is 13.0. The molecule has 4 rings (SSSR count). The van der Waals surface area contributed by atoms with Gasteiger partial charge in [0.1, 0.15) is 23.9 Å². The Morgan fingerprint density at radius 2 is 1.97 bits per heavy atom. The largest absolute Gasteiger partial charge is 0.507 e. The molecule has 1 saturated heterocycles. The van der Waals surface area contributed by atoms with Crippen LogP contribution in [-0.2, 0) is 16.1 Å². The highest BCUT2D eigenvalue weighted by Crippen LogP contribution is 2.41. The quantitative estimate of drug-likeness (QED) is 0.227. The van der Waals surface area contributed by atoms with Crippen molar-refractivity contribution in [1.82, 2.24) is 4.90 Å². The average molecular weight is 463 g/mol. The first kappa shape index (κ1) is 22.8. The molecule has 1 fully saturated rings. The maximum Gasteiger partial charge on any atom is 0.296 e. The number of rotatable bonds is 8. The lowest BCUT2D eigenvalue weighted by Crippen LogP contribution is -2.29. The molecule has 1 aliphatic heterocycles. The van der Waals surface area contributed by atoms with Crippen LogP contribution in [0.1, 0.15) is 22.9 Å². The Balaban J connectivity index is 1.81. The van der Waals surface area contributed by atoms with Gasteiger partial charge in [0.25, 0.3) is 11.7 Å². The number of aliphatic hydroxyl groups excluding tert-OH is 1. The molecule has 1 unspecified atom stereocenters. The number of aliphatic hydroxyl groups is 1. The molecule has 0 spiro atoms. The lowest BCUT2D eigenvalue weighted by atomic mass is 9.95. The van der Waals surface area contributed by atoms with Crippen LogP contribution in [0.15, 0.2) is 83.5 Å². The van der Waals surface area contributed by atoms with Crippen molar-refractivity contribution in [3.63, 3.8) is 0 Å². The lowest BCUT2D eigenvalue weighted by Gasteiger charge is -2.24. The predicted molar refractivity (Wildman–Crippen MR) is 122 cm³/mol. The summed E-state index contributed by atoms with van der Waals surface area (Å²) in [5.41, 5.74) is 0.457. The second kappa shape index (κ2) is 9.66. The first-order chi connectivity index (χ1) is 16.4. The van der Waals surface area contributed by atoms with Crippen LogP contribution in [0.3, 0.4) is 0 Å². The van der Waals surface area contributed by atoms with E-state index in [2.05, 4.69) is 6.58 Å². The highest BCUT2D eigenvalue weighted by molar-refractivity contribution is 6.46. The Kier molecular flexibility index (Phi) is 6.49. The maximum atomic E-state index is 14.3. The average Bonchev–Trinajstić information content (AvgIpc) is 3.45. The first-order valence-corrected chi connectivity index (χ1v) is 10.4. The molecule has 1 aromatic heterocycles. The number of hydrogen-bond donors (Lipinski definition) is 1. The standard InChI is InChI=1S/C26H22FNO6/c1-3-12-33-18-9-6-16(7-10-18)23-22(24(29)17-8-11-21(32-2)20(27)14-17)25(30)26(31)28(23)15-19-5-4-13-34-19/h3-11,13-14,23,29H,1,12,15H2,2H3. The fourth-order valence-electron chi connectivity index (χ4n) is 3.83. The number of ether oxygens (including phenoxy) is 2. The summed E-state index contributed by atoms with van der Waals surface area (Å²) in [4.78, 5) is 27.4. The molecule has 0 saturated carbocycles. The predicted octanol–water partition coefficient (Wildman–Crippen LogP) is 4.61. The van der Waals surface area contributed by atoms with Crippen molar-refractivity contribution in [2.75, 3.05) is 13.7 Å². The van der Waals surface area contributed by atoms with Gasteiger partial charge in [-0.1, -0.05) is 24.8 Å². The van der Waals surface area contributed by atoms with E-state index >= 15 is 0 Å². The van der Waals surface area contributed by atoms with Crippen molar-refractivity contribution in [2.24, 2.45) is 0 Å². The number of ketones is 1. The van der Waals surface area contributed by atoms with Crippen molar-refractivity contribution >= 4 is 17.4 Å². The van der Waals surface area contributed by atoms with Crippen molar-refractivity contribution in [1.29, 1.82) is 0 Å². The number of benzene rings is 2. The van der Waals surface area contributed by atoms with Gasteiger partial charge >= 0.3 is 0 Å². The maximum absolute atomic E-state index is 14.3. The van der Waals surface area contributed by atoms with Gasteiger partial charge in [-0.05, 0) is 48.0 Å². The fourth-order valence-corrected chi connectivity index (χ4v) is 3.83. The monoisotopic (exact) mass is 463 g/mol. The molecule has 0 aliphatic carbocycles. The Morgan fingerprint density at radius 3 is 2.59 bits per heavy atom. The zero-order chi connectivity index (χ0) is 24.2. The molecule has 1 aliphatic rings. The molecule has 34 heavy (non-hydrogen) atoms. The van der Waals surface area contributed by atoms with E-state index in [9.17, 15) is 19.1 Å². The van der Waals surface area contributed by atoms with Crippen molar-refractivity contribution in [3.8, 4) is 11.5 Å². The van der Waals surface area contributed by atoms with E-state index in [1.54, 1.807) is 42.5 Å². The Hall–Kier alpha value is -4.33. The SMILES string of the molecule is C=CCOc1ccc(C2C(=C(O)c3ccc(OC)c(F)c3)C(=O)C(=O)N2Cc2ccco2)cc1. The molecular formula is C26H22FNO6. The summed E-state index contributed by atoms with van der Waals surface area (Å²) in [5.74, 6) is -1.85. The van der Waals surface area contributed by atoms with Gasteiger partial charge in [0.05, 0.1) is 31.5 Å². The van der Waals surface area contributed by atoms with Crippen LogP contribution in [0.4, 0.5) is 4.39 Å². The van der Waals surface area contributed by atoms with Crippen LogP contribution in [-0.4, -0.2) is 35.4 Å². The molecule has 2 aromatic carbocycles. The van der Waals surface area contributed by atoms with Gasteiger partial charge in [-0.3, -0.25) is 9.59 Å². The summed E-state index contributed by atoms with van der Waals surface area (Å²) >= 11 is 0. The van der Waals surface area contributed by atoms with Gasteiger partial charge in [0, 0.05) is 5.56 Å². The van der Waals surface area contributed by atoms with Gasteiger partial charge in [0.15, 0.2) is 11.6 Å². The number of halogens is 1. The van der Waals surface area contributed by atoms with Crippen LogP contribution < -0.4 is 9.47 Å².